The van der Waals surface area contributed by atoms with Crippen LogP contribution in [0.1, 0.15) is 11.3 Å². The number of anilines is 1. The van der Waals surface area contributed by atoms with Gasteiger partial charge in [0, 0.05) is 31.4 Å². The molecule has 0 aliphatic carbocycles. The molecule has 2 heterocycles. The molecule has 1 saturated heterocycles. The normalized spacial score (nSPS) is 15.8. The van der Waals surface area contributed by atoms with E-state index >= 15 is 0 Å². The van der Waals surface area contributed by atoms with Crippen molar-refractivity contribution in [2.45, 2.75) is 6.54 Å². The van der Waals surface area contributed by atoms with Crippen LogP contribution in [0, 0.1) is 0 Å². The Morgan fingerprint density at radius 2 is 2.09 bits per heavy atom. The second-order valence-corrected chi connectivity index (χ2v) is 5.43. The highest BCUT2D eigenvalue weighted by Gasteiger charge is 2.10. The third-order valence-electron chi connectivity index (χ3n) is 3.65. The highest BCUT2D eigenvalue weighted by Crippen LogP contribution is 2.14. The number of furan rings is 1. The molecule has 1 aromatic carbocycles. The molecule has 120 valence electrons. The first-order valence-electron chi connectivity index (χ1n) is 7.71. The van der Waals surface area contributed by atoms with Gasteiger partial charge in [0.15, 0.2) is 0 Å². The van der Waals surface area contributed by atoms with Crippen molar-refractivity contribution >= 4 is 17.7 Å². The molecule has 3 rings (SSSR count). The Labute approximate surface area is 135 Å². The summed E-state index contributed by atoms with van der Waals surface area (Å²) in [6, 6.07) is 11.5. The van der Waals surface area contributed by atoms with Gasteiger partial charge in [0.05, 0.1) is 19.5 Å². The van der Waals surface area contributed by atoms with E-state index in [-0.39, 0.29) is 5.91 Å². The van der Waals surface area contributed by atoms with Crippen LogP contribution in [0.5, 0.6) is 0 Å². The predicted octanol–water partition coefficient (Wildman–Crippen LogP) is 2.76. The Hall–Kier alpha value is -2.37. The number of benzene rings is 1. The van der Waals surface area contributed by atoms with Crippen molar-refractivity contribution in [3.05, 3.63) is 60.1 Å². The van der Waals surface area contributed by atoms with Crippen molar-refractivity contribution in [1.29, 1.82) is 0 Å². The molecule has 1 fully saturated rings. The number of nitrogens with one attached hydrogen (secondary N) is 1. The molecule has 1 N–H and O–H groups in total. The topological polar surface area (TPSA) is 54.7 Å². The molecule has 0 spiro atoms. The number of hydrogen-bond acceptors (Lipinski definition) is 4. The van der Waals surface area contributed by atoms with Crippen molar-refractivity contribution in [2.24, 2.45) is 0 Å². The Morgan fingerprint density at radius 1 is 1.22 bits per heavy atom. The molecular formula is C18H20N2O3. The van der Waals surface area contributed by atoms with Gasteiger partial charge in [-0.15, -0.1) is 0 Å². The van der Waals surface area contributed by atoms with E-state index in [9.17, 15) is 4.79 Å². The van der Waals surface area contributed by atoms with Crippen LogP contribution in [-0.2, 0) is 16.1 Å². The lowest BCUT2D eigenvalue weighted by Gasteiger charge is -2.26. The summed E-state index contributed by atoms with van der Waals surface area (Å²) < 4.78 is 10.5. The quantitative estimate of drug-likeness (QED) is 0.863. The molecule has 2 aromatic rings. The number of ether oxygens (including phenoxy) is 1. The van der Waals surface area contributed by atoms with Crippen molar-refractivity contribution in [1.82, 2.24) is 4.90 Å². The molecule has 0 saturated carbocycles. The summed E-state index contributed by atoms with van der Waals surface area (Å²) in [6.45, 7) is 4.34. The molecule has 0 radical (unpaired) electrons. The first-order chi connectivity index (χ1) is 11.3. The van der Waals surface area contributed by atoms with Crippen molar-refractivity contribution in [3.8, 4) is 0 Å². The maximum absolute atomic E-state index is 11.9. The summed E-state index contributed by atoms with van der Waals surface area (Å²) in [4.78, 5) is 14.3. The summed E-state index contributed by atoms with van der Waals surface area (Å²) >= 11 is 0. The summed E-state index contributed by atoms with van der Waals surface area (Å²) in [7, 11) is 0. The number of rotatable bonds is 5. The molecule has 0 bridgehead atoms. The Balaban J connectivity index is 1.57. The van der Waals surface area contributed by atoms with Crippen LogP contribution in [0.2, 0.25) is 0 Å². The summed E-state index contributed by atoms with van der Waals surface area (Å²) in [6.07, 6.45) is 4.69. The minimum absolute atomic E-state index is 0.176. The van der Waals surface area contributed by atoms with Crippen LogP contribution in [0.3, 0.4) is 0 Å². The molecule has 5 heteroatoms. The summed E-state index contributed by atoms with van der Waals surface area (Å²) in [5, 5.41) is 2.87. The fourth-order valence-corrected chi connectivity index (χ4v) is 2.49. The third kappa shape index (κ3) is 4.81. The Bertz CT molecular complexity index is 659. The number of carbonyl (C=O) groups is 1. The molecule has 23 heavy (non-hydrogen) atoms. The van der Waals surface area contributed by atoms with Crippen molar-refractivity contribution < 1.29 is 13.9 Å². The number of morpholine rings is 1. The Kier molecular flexibility index (Phi) is 5.24. The van der Waals surface area contributed by atoms with Crippen LogP contribution < -0.4 is 5.32 Å². The molecule has 0 atom stereocenters. The van der Waals surface area contributed by atoms with Gasteiger partial charge in [-0.1, -0.05) is 12.1 Å². The van der Waals surface area contributed by atoms with Crippen molar-refractivity contribution in [3.63, 3.8) is 0 Å². The first kappa shape index (κ1) is 15.5. The van der Waals surface area contributed by atoms with E-state index in [1.165, 1.54) is 11.6 Å². The average molecular weight is 312 g/mol. The standard InChI is InChI=1S/C18H20N2O3/c21-18(7-6-17-5-2-10-23-17)19-16-4-1-3-15(13-16)14-20-8-11-22-12-9-20/h1-7,10,13H,8-9,11-12,14H2,(H,19,21). The molecule has 1 aromatic heterocycles. The number of carbonyl (C=O) groups excluding carboxylic acids is 1. The smallest absolute Gasteiger partial charge is 0.248 e. The second-order valence-electron chi connectivity index (χ2n) is 5.43. The highest BCUT2D eigenvalue weighted by molar-refractivity contribution is 6.01. The number of nitrogens with zero attached hydrogens (tertiary/aromatic N) is 1. The van der Waals surface area contributed by atoms with Gasteiger partial charge in [0.25, 0.3) is 0 Å². The van der Waals surface area contributed by atoms with Crippen LogP contribution in [0.25, 0.3) is 6.08 Å². The van der Waals surface area contributed by atoms with E-state index in [4.69, 9.17) is 9.15 Å². The average Bonchev–Trinajstić information content (AvgIpc) is 3.08. The predicted molar refractivity (Wildman–Crippen MR) is 88.9 cm³/mol. The van der Waals surface area contributed by atoms with Crippen LogP contribution in [0.4, 0.5) is 5.69 Å². The minimum Gasteiger partial charge on any atom is -0.465 e. The molecule has 1 aliphatic heterocycles. The lowest BCUT2D eigenvalue weighted by Crippen LogP contribution is -2.35. The summed E-state index contributed by atoms with van der Waals surface area (Å²) in [5.74, 6) is 0.478. The van der Waals surface area contributed by atoms with Crippen LogP contribution in [0.15, 0.2) is 53.2 Å². The van der Waals surface area contributed by atoms with Crippen LogP contribution >= 0.6 is 0 Å². The van der Waals surface area contributed by atoms with Gasteiger partial charge in [-0.2, -0.15) is 0 Å². The third-order valence-corrected chi connectivity index (χ3v) is 3.65. The minimum atomic E-state index is -0.176. The van der Waals surface area contributed by atoms with E-state index in [2.05, 4.69) is 16.3 Å². The number of amides is 1. The lowest BCUT2D eigenvalue weighted by molar-refractivity contribution is -0.111. The van der Waals surface area contributed by atoms with Gasteiger partial charge in [-0.3, -0.25) is 9.69 Å². The van der Waals surface area contributed by atoms with Gasteiger partial charge in [-0.05, 0) is 35.9 Å². The van der Waals surface area contributed by atoms with Gasteiger partial charge in [0.2, 0.25) is 5.91 Å². The van der Waals surface area contributed by atoms with E-state index in [0.717, 1.165) is 38.5 Å². The maximum atomic E-state index is 11.9. The van der Waals surface area contributed by atoms with Gasteiger partial charge < -0.3 is 14.5 Å². The molecular weight excluding hydrogens is 292 g/mol. The largest absolute Gasteiger partial charge is 0.465 e. The molecule has 1 aliphatic rings. The fraction of sp³-hybridized carbons (Fsp3) is 0.278. The van der Waals surface area contributed by atoms with E-state index in [1.54, 1.807) is 24.5 Å². The molecule has 0 unspecified atom stereocenters. The fourth-order valence-electron chi connectivity index (χ4n) is 2.49. The zero-order valence-corrected chi connectivity index (χ0v) is 12.9. The van der Waals surface area contributed by atoms with Gasteiger partial charge in [-0.25, -0.2) is 0 Å². The van der Waals surface area contributed by atoms with Gasteiger partial charge >= 0.3 is 0 Å². The first-order valence-corrected chi connectivity index (χ1v) is 7.71. The molecule has 1 amide bonds. The highest BCUT2D eigenvalue weighted by atomic mass is 16.5. The van der Waals surface area contributed by atoms with Gasteiger partial charge in [0.1, 0.15) is 5.76 Å². The maximum Gasteiger partial charge on any atom is 0.248 e. The SMILES string of the molecule is O=C(C=Cc1ccco1)Nc1cccc(CN2CCOCC2)c1. The zero-order valence-electron chi connectivity index (χ0n) is 12.9. The Morgan fingerprint density at radius 3 is 2.87 bits per heavy atom. The van der Waals surface area contributed by atoms with Crippen molar-refractivity contribution in [2.75, 3.05) is 31.6 Å². The second kappa shape index (κ2) is 7.76. The van der Waals surface area contributed by atoms with E-state index < -0.39 is 0 Å². The van der Waals surface area contributed by atoms with E-state index in [0.29, 0.717) is 5.76 Å². The molecule has 5 nitrogen and oxygen atoms in total. The monoisotopic (exact) mass is 312 g/mol. The van der Waals surface area contributed by atoms with Crippen LogP contribution in [-0.4, -0.2) is 37.1 Å². The number of hydrogen-bond donors (Lipinski definition) is 1. The van der Waals surface area contributed by atoms with E-state index in [1.807, 2.05) is 18.2 Å². The summed E-state index contributed by atoms with van der Waals surface area (Å²) in [5.41, 5.74) is 1.98. The zero-order chi connectivity index (χ0) is 15.9. The lowest BCUT2D eigenvalue weighted by atomic mass is 10.2.